The molecule has 0 unspecified atom stereocenters. The van der Waals surface area contributed by atoms with Crippen LogP contribution in [0, 0.1) is 0 Å². The van der Waals surface area contributed by atoms with Gasteiger partial charge in [-0.05, 0) is 29.8 Å². The molecule has 0 aliphatic heterocycles. The molecule has 0 radical (unpaired) electrons. The largest absolute Gasteiger partial charge is 0.494 e. The lowest BCUT2D eigenvalue weighted by atomic mass is 10.2. The van der Waals surface area contributed by atoms with Gasteiger partial charge in [0.25, 0.3) is 0 Å². The predicted molar refractivity (Wildman–Crippen MR) is 86.9 cm³/mol. The molecule has 5 heteroatoms. The van der Waals surface area contributed by atoms with Gasteiger partial charge in [-0.15, -0.1) is 0 Å². The molecule has 102 valence electrons. The summed E-state index contributed by atoms with van der Waals surface area (Å²) in [5, 5.41) is 13.1. The number of nitrogens with zero attached hydrogens (tertiary/aromatic N) is 1. The number of halogens is 3. The van der Waals surface area contributed by atoms with Crippen LogP contribution in [0.3, 0.4) is 0 Å². The average molecular weight is 371 g/mol. The molecular formula is C15H10BrCl2NO. The van der Waals surface area contributed by atoms with Gasteiger partial charge in [0.15, 0.2) is 0 Å². The predicted octanol–water partition coefficient (Wildman–Crippen LogP) is 5.46. The van der Waals surface area contributed by atoms with E-state index in [-0.39, 0.29) is 5.88 Å². The second-order valence-electron chi connectivity index (χ2n) is 4.56. The van der Waals surface area contributed by atoms with Crippen LogP contribution in [-0.4, -0.2) is 9.67 Å². The monoisotopic (exact) mass is 369 g/mol. The zero-order valence-electron chi connectivity index (χ0n) is 10.3. The lowest BCUT2D eigenvalue weighted by molar-refractivity contribution is 0.430. The van der Waals surface area contributed by atoms with Crippen molar-refractivity contribution in [3.8, 4) is 5.88 Å². The number of hydrogen-bond donors (Lipinski definition) is 1. The summed E-state index contributed by atoms with van der Waals surface area (Å²) in [6.07, 6.45) is 1.88. The van der Waals surface area contributed by atoms with Crippen LogP contribution < -0.4 is 0 Å². The number of fused-ring (bicyclic) bond motifs is 1. The van der Waals surface area contributed by atoms with Crippen molar-refractivity contribution in [2.75, 3.05) is 0 Å². The first kappa shape index (κ1) is 13.8. The molecule has 2 aromatic carbocycles. The minimum atomic E-state index is 0.174. The minimum Gasteiger partial charge on any atom is -0.494 e. The zero-order chi connectivity index (χ0) is 14.3. The third-order valence-corrected chi connectivity index (χ3v) is 4.15. The van der Waals surface area contributed by atoms with Crippen LogP contribution in [-0.2, 0) is 6.54 Å². The molecule has 0 amide bonds. The zero-order valence-corrected chi connectivity index (χ0v) is 13.4. The van der Waals surface area contributed by atoms with Crippen molar-refractivity contribution in [3.63, 3.8) is 0 Å². The van der Waals surface area contributed by atoms with Gasteiger partial charge >= 0.3 is 0 Å². The summed E-state index contributed by atoms with van der Waals surface area (Å²) in [5.41, 5.74) is 1.06. The Morgan fingerprint density at radius 3 is 2.50 bits per heavy atom. The molecule has 0 saturated heterocycles. The topological polar surface area (TPSA) is 25.2 Å². The molecule has 0 aliphatic carbocycles. The van der Waals surface area contributed by atoms with Gasteiger partial charge in [-0.25, -0.2) is 0 Å². The van der Waals surface area contributed by atoms with E-state index in [1.807, 2.05) is 36.5 Å². The molecule has 0 atom stereocenters. The van der Waals surface area contributed by atoms with E-state index in [4.69, 9.17) is 23.2 Å². The van der Waals surface area contributed by atoms with E-state index in [9.17, 15) is 5.11 Å². The first-order chi connectivity index (χ1) is 9.54. The van der Waals surface area contributed by atoms with Crippen LogP contribution >= 0.6 is 39.1 Å². The normalized spacial score (nSPS) is 11.2. The molecule has 1 N–H and O–H groups in total. The lowest BCUT2D eigenvalue weighted by Crippen LogP contribution is -1.96. The molecule has 1 aromatic heterocycles. The Kier molecular flexibility index (Phi) is 3.67. The number of hydrogen-bond acceptors (Lipinski definition) is 1. The minimum absolute atomic E-state index is 0.174. The molecular weight excluding hydrogens is 361 g/mol. The molecule has 0 bridgehead atoms. The maximum Gasteiger partial charge on any atom is 0.200 e. The molecule has 3 rings (SSSR count). The van der Waals surface area contributed by atoms with Crippen molar-refractivity contribution in [2.45, 2.75) is 6.54 Å². The smallest absolute Gasteiger partial charge is 0.200 e. The van der Waals surface area contributed by atoms with E-state index in [1.54, 1.807) is 10.6 Å². The maximum absolute atomic E-state index is 10.3. The van der Waals surface area contributed by atoms with E-state index in [1.165, 1.54) is 0 Å². The van der Waals surface area contributed by atoms with Gasteiger partial charge in [-0.2, -0.15) is 0 Å². The summed E-state index contributed by atoms with van der Waals surface area (Å²) in [6.45, 7) is 0.561. The van der Waals surface area contributed by atoms with Crippen molar-refractivity contribution in [1.29, 1.82) is 0 Å². The highest BCUT2D eigenvalue weighted by atomic mass is 79.9. The standard InChI is InChI=1S/C15H10BrCl2NO/c16-11-5-10-8-19(15(20)14(10)13(18)6-11)7-9-1-3-12(17)4-2-9/h1-6,8,20H,7H2. The van der Waals surface area contributed by atoms with Crippen molar-refractivity contribution in [3.05, 3.63) is 62.7 Å². The molecule has 0 spiro atoms. The number of aromatic nitrogens is 1. The fraction of sp³-hybridized carbons (Fsp3) is 0.0667. The highest BCUT2D eigenvalue weighted by molar-refractivity contribution is 9.10. The van der Waals surface area contributed by atoms with E-state index >= 15 is 0 Å². The number of aromatic hydroxyl groups is 1. The molecule has 0 aliphatic rings. The first-order valence-corrected chi connectivity index (χ1v) is 7.51. The molecule has 20 heavy (non-hydrogen) atoms. The van der Waals surface area contributed by atoms with Crippen molar-refractivity contribution < 1.29 is 5.11 Å². The first-order valence-electron chi connectivity index (χ1n) is 5.96. The van der Waals surface area contributed by atoms with Crippen LogP contribution in [0.4, 0.5) is 0 Å². The fourth-order valence-corrected chi connectivity index (χ4v) is 3.26. The van der Waals surface area contributed by atoms with Gasteiger partial charge < -0.3 is 9.67 Å². The third kappa shape index (κ3) is 2.53. The van der Waals surface area contributed by atoms with Gasteiger partial charge in [0, 0.05) is 21.1 Å². The van der Waals surface area contributed by atoms with Gasteiger partial charge in [0.2, 0.25) is 5.88 Å². The highest BCUT2D eigenvalue weighted by Gasteiger charge is 2.12. The SMILES string of the molecule is Oc1c2c(Cl)cc(Br)cc2cn1Cc1ccc(Cl)cc1. The van der Waals surface area contributed by atoms with Crippen LogP contribution in [0.2, 0.25) is 10.0 Å². The second kappa shape index (κ2) is 5.32. The van der Waals surface area contributed by atoms with E-state index < -0.39 is 0 Å². The Hall–Kier alpha value is -1.16. The summed E-state index contributed by atoms with van der Waals surface area (Å²) in [6, 6.07) is 11.2. The van der Waals surface area contributed by atoms with Gasteiger partial charge in [-0.1, -0.05) is 51.3 Å². The van der Waals surface area contributed by atoms with Crippen molar-refractivity contribution in [1.82, 2.24) is 4.57 Å². The summed E-state index contributed by atoms with van der Waals surface area (Å²) in [5.74, 6) is 0.174. The van der Waals surface area contributed by atoms with E-state index in [2.05, 4.69) is 15.9 Å². The van der Waals surface area contributed by atoms with Crippen LogP contribution in [0.5, 0.6) is 5.88 Å². The maximum atomic E-state index is 10.3. The second-order valence-corrected chi connectivity index (χ2v) is 6.32. The quantitative estimate of drug-likeness (QED) is 0.636. The van der Waals surface area contributed by atoms with Gasteiger partial charge in [0.1, 0.15) is 0 Å². The molecule has 0 fully saturated rings. The number of rotatable bonds is 2. The van der Waals surface area contributed by atoms with E-state index in [0.717, 1.165) is 15.4 Å². The van der Waals surface area contributed by atoms with Crippen LogP contribution in [0.15, 0.2) is 47.1 Å². The summed E-state index contributed by atoms with van der Waals surface area (Å²) in [7, 11) is 0. The Morgan fingerprint density at radius 1 is 1.10 bits per heavy atom. The van der Waals surface area contributed by atoms with Crippen molar-refractivity contribution >= 4 is 49.9 Å². The summed E-state index contributed by atoms with van der Waals surface area (Å²) >= 11 is 15.5. The highest BCUT2D eigenvalue weighted by Crippen LogP contribution is 2.36. The Morgan fingerprint density at radius 2 is 1.80 bits per heavy atom. The molecule has 1 heterocycles. The van der Waals surface area contributed by atoms with Gasteiger partial charge in [0.05, 0.1) is 17.0 Å². The van der Waals surface area contributed by atoms with Crippen LogP contribution in [0.25, 0.3) is 10.8 Å². The fourth-order valence-electron chi connectivity index (χ4n) is 2.21. The molecule has 3 aromatic rings. The summed E-state index contributed by atoms with van der Waals surface area (Å²) in [4.78, 5) is 0. The molecule has 0 saturated carbocycles. The Bertz CT molecular complexity index is 781. The summed E-state index contributed by atoms with van der Waals surface area (Å²) < 4.78 is 2.66. The average Bonchev–Trinajstić information content (AvgIpc) is 2.69. The Labute approximate surface area is 134 Å². The molecule has 2 nitrogen and oxygen atoms in total. The van der Waals surface area contributed by atoms with Crippen molar-refractivity contribution in [2.24, 2.45) is 0 Å². The van der Waals surface area contributed by atoms with Gasteiger partial charge in [-0.3, -0.25) is 0 Å². The van der Waals surface area contributed by atoms with Crippen LogP contribution in [0.1, 0.15) is 5.56 Å². The number of benzene rings is 2. The van der Waals surface area contributed by atoms with E-state index in [0.29, 0.717) is 22.0 Å². The third-order valence-electron chi connectivity index (χ3n) is 3.14. The lowest BCUT2D eigenvalue weighted by Gasteiger charge is -2.05. The Balaban J connectivity index is 2.06.